The Hall–Kier alpha value is -2.61. The van der Waals surface area contributed by atoms with Crippen LogP contribution >= 0.6 is 15.9 Å². The summed E-state index contributed by atoms with van der Waals surface area (Å²) >= 11 is 3.23. The fourth-order valence-corrected chi connectivity index (χ4v) is 2.37. The molecule has 0 saturated heterocycles. The van der Waals surface area contributed by atoms with Crippen LogP contribution in [0.2, 0.25) is 0 Å². The first kappa shape index (κ1) is 15.3. The summed E-state index contributed by atoms with van der Waals surface area (Å²) in [5.74, 6) is 1.05. The van der Waals surface area contributed by atoms with E-state index in [-0.39, 0.29) is 30.6 Å². The van der Waals surface area contributed by atoms with E-state index in [1.165, 1.54) is 18.2 Å². The molecule has 3 rings (SSSR count). The largest absolute Gasteiger partial charge is 0.484 e. The number of benzene rings is 2. The lowest BCUT2D eigenvalue weighted by Crippen LogP contribution is -2.12. The Bertz CT molecular complexity index is 792. The average molecular weight is 380 g/mol. The van der Waals surface area contributed by atoms with Crippen molar-refractivity contribution >= 4 is 27.4 Å². The van der Waals surface area contributed by atoms with Crippen molar-refractivity contribution in [2.45, 2.75) is 0 Å². The van der Waals surface area contributed by atoms with Gasteiger partial charge in [-0.2, -0.15) is 0 Å². The van der Waals surface area contributed by atoms with Crippen LogP contribution < -0.4 is 14.2 Å². The predicted octanol–water partition coefficient (Wildman–Crippen LogP) is 3.35. The lowest BCUT2D eigenvalue weighted by Gasteiger charge is -2.08. The normalized spacial score (nSPS) is 12.0. The molecule has 2 aromatic rings. The molecule has 1 heterocycles. The van der Waals surface area contributed by atoms with E-state index in [9.17, 15) is 14.9 Å². The highest BCUT2D eigenvalue weighted by Crippen LogP contribution is 2.33. The second kappa shape index (κ2) is 6.25. The summed E-state index contributed by atoms with van der Waals surface area (Å²) in [6.45, 7) is -0.122. The number of carbonyl (C=O) groups is 1. The zero-order chi connectivity index (χ0) is 16.4. The highest BCUT2D eigenvalue weighted by molar-refractivity contribution is 9.10. The maximum atomic E-state index is 12.2. The van der Waals surface area contributed by atoms with Gasteiger partial charge in [0.15, 0.2) is 23.9 Å². The van der Waals surface area contributed by atoms with Crippen molar-refractivity contribution in [1.29, 1.82) is 0 Å². The van der Waals surface area contributed by atoms with Gasteiger partial charge in [0.05, 0.1) is 15.5 Å². The van der Waals surface area contributed by atoms with E-state index in [4.69, 9.17) is 14.2 Å². The van der Waals surface area contributed by atoms with Crippen molar-refractivity contribution in [2.24, 2.45) is 0 Å². The summed E-state index contributed by atoms with van der Waals surface area (Å²) in [5, 5.41) is 10.8. The minimum Gasteiger partial charge on any atom is -0.484 e. The predicted molar refractivity (Wildman–Crippen MR) is 83.2 cm³/mol. The van der Waals surface area contributed by atoms with Gasteiger partial charge < -0.3 is 14.2 Å². The number of carbonyl (C=O) groups excluding carboxylic acids is 1. The van der Waals surface area contributed by atoms with Gasteiger partial charge in [0.25, 0.3) is 5.69 Å². The van der Waals surface area contributed by atoms with E-state index in [0.717, 1.165) is 0 Å². The Kier molecular flexibility index (Phi) is 4.16. The van der Waals surface area contributed by atoms with Gasteiger partial charge in [0.1, 0.15) is 5.75 Å². The van der Waals surface area contributed by atoms with Gasteiger partial charge in [-0.15, -0.1) is 0 Å². The van der Waals surface area contributed by atoms with Gasteiger partial charge >= 0.3 is 0 Å². The van der Waals surface area contributed by atoms with E-state index >= 15 is 0 Å². The standard InChI is InChI=1S/C15H10BrNO6/c16-11-3-2-10(17(19)20)6-14(11)21-7-12(18)9-1-4-13-15(5-9)23-8-22-13/h1-6H,7-8H2. The molecule has 0 unspecified atom stereocenters. The number of non-ortho nitro benzene ring substituents is 1. The van der Waals surface area contributed by atoms with Crippen molar-refractivity contribution < 1.29 is 23.9 Å². The summed E-state index contributed by atoms with van der Waals surface area (Å²) in [6.07, 6.45) is 0. The number of nitrogens with zero attached hydrogens (tertiary/aromatic N) is 1. The first-order valence-corrected chi connectivity index (χ1v) is 7.33. The average Bonchev–Trinajstić information content (AvgIpc) is 3.01. The molecule has 118 valence electrons. The van der Waals surface area contributed by atoms with Crippen LogP contribution in [-0.4, -0.2) is 24.1 Å². The lowest BCUT2D eigenvalue weighted by molar-refractivity contribution is -0.384. The Balaban J connectivity index is 1.72. The second-order valence-corrected chi connectivity index (χ2v) is 5.51. The summed E-state index contributed by atoms with van der Waals surface area (Å²) in [7, 11) is 0. The summed E-state index contributed by atoms with van der Waals surface area (Å²) < 4.78 is 16.3. The molecule has 0 N–H and O–H groups in total. The zero-order valence-electron chi connectivity index (χ0n) is 11.7. The number of fused-ring (bicyclic) bond motifs is 1. The van der Waals surface area contributed by atoms with E-state index in [2.05, 4.69) is 15.9 Å². The van der Waals surface area contributed by atoms with Crippen LogP contribution in [0, 0.1) is 10.1 Å². The minimum absolute atomic E-state index is 0.112. The van der Waals surface area contributed by atoms with Gasteiger partial charge in [0.2, 0.25) is 6.79 Å². The van der Waals surface area contributed by atoms with E-state index in [1.807, 2.05) is 0 Å². The van der Waals surface area contributed by atoms with Gasteiger partial charge in [-0.05, 0) is 40.2 Å². The van der Waals surface area contributed by atoms with Crippen molar-refractivity contribution in [3.8, 4) is 17.2 Å². The van der Waals surface area contributed by atoms with Gasteiger partial charge in [-0.3, -0.25) is 14.9 Å². The van der Waals surface area contributed by atoms with E-state index in [1.54, 1.807) is 18.2 Å². The maximum absolute atomic E-state index is 12.2. The smallest absolute Gasteiger partial charge is 0.273 e. The molecular formula is C15H10BrNO6. The molecule has 0 spiro atoms. The number of Topliss-reactive ketones (excluding diaryl/α,β-unsaturated/α-hetero) is 1. The first-order valence-electron chi connectivity index (χ1n) is 6.54. The Morgan fingerprint density at radius 2 is 2.00 bits per heavy atom. The molecule has 2 aromatic carbocycles. The van der Waals surface area contributed by atoms with Crippen LogP contribution in [0.4, 0.5) is 5.69 Å². The fourth-order valence-electron chi connectivity index (χ4n) is 2.01. The molecule has 0 saturated carbocycles. The van der Waals surface area contributed by atoms with E-state index in [0.29, 0.717) is 21.5 Å². The number of nitro benzene ring substituents is 1. The zero-order valence-corrected chi connectivity index (χ0v) is 13.2. The lowest BCUT2D eigenvalue weighted by atomic mass is 10.1. The molecule has 8 heteroatoms. The molecular weight excluding hydrogens is 370 g/mol. The molecule has 0 amide bonds. The summed E-state index contributed by atoms with van der Waals surface area (Å²) in [5.41, 5.74) is 0.300. The van der Waals surface area contributed by atoms with Gasteiger partial charge in [-0.1, -0.05) is 0 Å². The molecule has 1 aliphatic heterocycles. The highest BCUT2D eigenvalue weighted by Gasteiger charge is 2.17. The number of rotatable bonds is 5. The Morgan fingerprint density at radius 1 is 1.22 bits per heavy atom. The number of halogens is 1. The van der Waals surface area contributed by atoms with E-state index < -0.39 is 4.92 Å². The monoisotopic (exact) mass is 379 g/mol. The van der Waals surface area contributed by atoms with Crippen molar-refractivity contribution in [3.63, 3.8) is 0 Å². The molecule has 0 atom stereocenters. The number of hydrogen-bond acceptors (Lipinski definition) is 6. The number of ether oxygens (including phenoxy) is 3. The molecule has 7 nitrogen and oxygen atoms in total. The minimum atomic E-state index is -0.529. The fraction of sp³-hybridized carbons (Fsp3) is 0.133. The summed E-state index contributed by atoms with van der Waals surface area (Å²) in [4.78, 5) is 22.4. The second-order valence-electron chi connectivity index (χ2n) is 4.65. The van der Waals surface area contributed by atoms with Crippen molar-refractivity contribution in [2.75, 3.05) is 13.4 Å². The summed E-state index contributed by atoms with van der Waals surface area (Å²) in [6, 6.07) is 8.95. The maximum Gasteiger partial charge on any atom is 0.273 e. The molecule has 0 fully saturated rings. The quantitative estimate of drug-likeness (QED) is 0.449. The molecule has 0 aromatic heterocycles. The first-order chi connectivity index (χ1) is 11.0. The number of hydrogen-bond donors (Lipinski definition) is 0. The third-order valence-corrected chi connectivity index (χ3v) is 3.83. The Morgan fingerprint density at radius 3 is 2.78 bits per heavy atom. The van der Waals surface area contributed by atoms with Gasteiger partial charge in [0, 0.05) is 11.6 Å². The molecule has 1 aliphatic rings. The Labute approximate surface area is 139 Å². The SMILES string of the molecule is O=C(COc1cc([N+](=O)[O-])ccc1Br)c1ccc2c(c1)OCO2. The van der Waals surface area contributed by atoms with Crippen LogP contribution in [0.25, 0.3) is 0 Å². The van der Waals surface area contributed by atoms with Crippen molar-refractivity contribution in [1.82, 2.24) is 0 Å². The molecule has 0 radical (unpaired) electrons. The van der Waals surface area contributed by atoms with Crippen LogP contribution in [0.1, 0.15) is 10.4 Å². The molecule has 23 heavy (non-hydrogen) atoms. The third kappa shape index (κ3) is 3.26. The molecule has 0 bridgehead atoms. The van der Waals surface area contributed by atoms with Crippen LogP contribution in [0.5, 0.6) is 17.2 Å². The van der Waals surface area contributed by atoms with Crippen molar-refractivity contribution in [3.05, 3.63) is 56.5 Å². The highest BCUT2D eigenvalue weighted by atomic mass is 79.9. The topological polar surface area (TPSA) is 87.9 Å². The number of nitro groups is 1. The molecule has 0 aliphatic carbocycles. The van der Waals surface area contributed by atoms with Crippen LogP contribution in [0.3, 0.4) is 0 Å². The van der Waals surface area contributed by atoms with Gasteiger partial charge in [-0.25, -0.2) is 0 Å². The van der Waals surface area contributed by atoms with Crippen LogP contribution in [0.15, 0.2) is 40.9 Å². The van der Waals surface area contributed by atoms with Crippen LogP contribution in [-0.2, 0) is 0 Å². The third-order valence-electron chi connectivity index (χ3n) is 3.18. The number of ketones is 1.